The van der Waals surface area contributed by atoms with Crippen molar-refractivity contribution in [1.29, 1.82) is 0 Å². The van der Waals surface area contributed by atoms with Crippen molar-refractivity contribution in [2.75, 3.05) is 313 Å². The molecule has 9 rings (SSSR count). The Morgan fingerprint density at radius 1 is 0.280 bits per heavy atom. The van der Waals surface area contributed by atoms with Gasteiger partial charge in [-0.05, 0) is 147 Å². The first-order valence-corrected chi connectivity index (χ1v) is 50.6. The van der Waals surface area contributed by atoms with Gasteiger partial charge in [-0.3, -0.25) is 34.1 Å². The summed E-state index contributed by atoms with van der Waals surface area (Å²) >= 11 is 0. The van der Waals surface area contributed by atoms with Gasteiger partial charge in [-0.25, -0.2) is 0 Å². The second kappa shape index (κ2) is 76.5. The number of nitrogens with zero attached hydrogens (tertiary/aromatic N) is 3. The molecule has 0 spiro atoms. The first-order valence-electron chi connectivity index (χ1n) is 50.6. The number of amides is 4. The van der Waals surface area contributed by atoms with Gasteiger partial charge in [-0.15, -0.1) is 0 Å². The first kappa shape index (κ1) is 124. The standard InChI is InChI=1S/C108H152N8O33.Mn/c1-124-35-41-130-47-53-136-59-65-142-92-73-82(74-93(143-66-60-137-54-48-131-42-36-125-2)102(92)146-69-63-140-57-51-134-45-39-128-5)79-148-87-71-81(72-88(77-87)149-80-83-75-94(144-67-61-138-55-49-132-43-37-126-3)103(147-70-64-141-58-52-135-46-40-129-6)95(76-83)145-68-62-139-56-50-133-44-38-127-4)78-109-27-7-8-28-116-107(123)108(24-12-32-113-104(120)89-21-18-84-15-9-29-110-96(84)99(89)117,25-13-33-114-105(121)90-22-19-85-16-10-30-111-97(85)100(90)118)26-14-34-115-106(122)91-23-20-86-17-11-31-112-98(86)101(91)119;/h9-11,15-23,29-31,71-77,109,117-119H,7-8,12-14,24-28,32-70,78-80H2,1-6H3,(H,113,120)(H,114,121)(H,115,122)(H,116,123);. The Bertz CT molecular complexity index is 4800. The molecule has 0 saturated heterocycles. The van der Waals surface area contributed by atoms with E-state index in [0.717, 1.165) is 5.56 Å². The minimum absolute atomic E-state index is 0. The maximum atomic E-state index is 15.5. The fourth-order valence-electron chi connectivity index (χ4n) is 15.2. The van der Waals surface area contributed by atoms with E-state index in [-0.39, 0.29) is 231 Å². The van der Waals surface area contributed by atoms with Crippen LogP contribution in [-0.4, -0.2) is 367 Å². The maximum absolute atomic E-state index is 15.5. The Morgan fingerprint density at radius 2 is 0.540 bits per heavy atom. The van der Waals surface area contributed by atoms with E-state index < -0.39 is 23.1 Å². The van der Waals surface area contributed by atoms with Crippen molar-refractivity contribution < 1.29 is 175 Å². The molecule has 9 aromatic rings. The van der Waals surface area contributed by atoms with Crippen LogP contribution in [0.4, 0.5) is 0 Å². The summed E-state index contributed by atoms with van der Waals surface area (Å²) in [5.41, 5.74) is 1.73. The zero-order valence-corrected chi connectivity index (χ0v) is 88.5. The first-order chi connectivity index (χ1) is 73.2. The van der Waals surface area contributed by atoms with Crippen molar-refractivity contribution in [1.82, 2.24) is 41.5 Å². The SMILES string of the molecule is COCCOCCOCCOc1cc(COc2cc(CNCCCCNC(=O)C(CCCNC(=O)c3ccc4cccnc4c3O)(CCCNC(=O)c3ccc4cccnc4c3O)CCCNC(=O)c3ccc4cccnc4c3O)cc(OCc3cc(OCCOCCOCCOC)c(OCCOCCOCCOC)c(OCCOCCOCCOC)c3)c2)cc(OCCOCCOCCOC)c1OCCOCCOCCOC.[Mn]. The average Bonchev–Trinajstić information content (AvgIpc) is 0.774. The number of carbonyl (C=O) groups is 4. The predicted octanol–water partition coefficient (Wildman–Crippen LogP) is 10.6. The zero-order chi connectivity index (χ0) is 105. The molecule has 0 bridgehead atoms. The van der Waals surface area contributed by atoms with Gasteiger partial charge in [0.2, 0.25) is 17.4 Å². The maximum Gasteiger partial charge on any atom is 0.255 e. The van der Waals surface area contributed by atoms with E-state index in [1.807, 2.05) is 36.4 Å². The number of carbonyl (C=O) groups excluding carboxylic acids is 4. The van der Waals surface area contributed by atoms with Gasteiger partial charge in [-0.1, -0.05) is 36.4 Å². The second-order valence-electron chi connectivity index (χ2n) is 33.7. The molecule has 0 aliphatic carbocycles. The van der Waals surface area contributed by atoms with Crippen LogP contribution in [0.1, 0.15) is 99.1 Å². The molecule has 150 heavy (non-hydrogen) atoms. The van der Waals surface area contributed by atoms with Crippen LogP contribution in [-0.2, 0) is 127 Å². The summed E-state index contributed by atoms with van der Waals surface area (Å²) in [5, 5.41) is 51.4. The summed E-state index contributed by atoms with van der Waals surface area (Å²) in [6.07, 6.45) is 7.20. The number of aromatic hydroxyl groups is 3. The Morgan fingerprint density at radius 3 is 0.827 bits per heavy atom. The monoisotopic (exact) mass is 2140 g/mol. The van der Waals surface area contributed by atoms with Crippen LogP contribution in [0.3, 0.4) is 0 Å². The molecule has 0 fully saturated rings. The molecule has 0 aliphatic heterocycles. The number of benzene rings is 6. The Kier molecular flexibility index (Phi) is 63.3. The van der Waals surface area contributed by atoms with E-state index in [9.17, 15) is 29.7 Å². The van der Waals surface area contributed by atoms with Crippen molar-refractivity contribution in [3.63, 3.8) is 0 Å². The van der Waals surface area contributed by atoms with Crippen molar-refractivity contribution >= 4 is 56.3 Å². The van der Waals surface area contributed by atoms with Crippen LogP contribution in [0.5, 0.6) is 63.2 Å². The molecule has 0 unspecified atom stereocenters. The Hall–Kier alpha value is -11.0. The van der Waals surface area contributed by atoms with Crippen LogP contribution in [0.25, 0.3) is 32.7 Å². The number of methoxy groups -OCH3 is 6. The number of ether oxygens (including phenoxy) is 26. The molecule has 0 atom stereocenters. The van der Waals surface area contributed by atoms with Crippen molar-refractivity contribution in [3.05, 3.63) is 167 Å². The molecule has 3 heterocycles. The molecule has 0 aliphatic rings. The topological polar surface area (TPSA) is 468 Å². The van der Waals surface area contributed by atoms with E-state index in [4.69, 9.17) is 123 Å². The summed E-state index contributed by atoms with van der Waals surface area (Å²) in [6, 6.07) is 33.1. The van der Waals surface area contributed by atoms with Gasteiger partial charge in [0.1, 0.15) is 80.9 Å². The molecule has 1 radical (unpaired) electrons. The van der Waals surface area contributed by atoms with Gasteiger partial charge < -0.3 is 165 Å². The number of rotatable bonds is 89. The van der Waals surface area contributed by atoms with Crippen LogP contribution in [0, 0.1) is 5.41 Å². The number of hydrogen-bond donors (Lipinski definition) is 8. The van der Waals surface area contributed by atoms with E-state index in [1.165, 1.54) is 36.8 Å². The third-order valence-corrected chi connectivity index (χ3v) is 22.8. The van der Waals surface area contributed by atoms with E-state index >= 15 is 4.79 Å². The summed E-state index contributed by atoms with van der Waals surface area (Å²) in [7, 11) is 9.66. The minimum atomic E-state index is -1.18. The molecule has 4 amide bonds. The number of pyridine rings is 3. The number of nitrogens with one attached hydrogen (secondary N) is 5. The number of phenols is 3. The van der Waals surface area contributed by atoms with Crippen molar-refractivity contribution in [2.24, 2.45) is 5.41 Å². The average molecular weight is 2150 g/mol. The number of hydrogen-bond acceptors (Lipinski definition) is 37. The molecule has 829 valence electrons. The van der Waals surface area contributed by atoms with Crippen molar-refractivity contribution in [3.8, 4) is 63.2 Å². The number of aromatic nitrogens is 3. The number of phenolic OH excluding ortho intramolecular Hbond substituents is 3. The van der Waals surface area contributed by atoms with Crippen LogP contribution in [0.15, 0.2) is 134 Å². The third kappa shape index (κ3) is 46.7. The normalized spacial score (nSPS) is 11.4. The largest absolute Gasteiger partial charge is 0.505 e. The van der Waals surface area contributed by atoms with E-state index in [1.54, 1.807) is 103 Å². The predicted molar refractivity (Wildman–Crippen MR) is 553 cm³/mol. The summed E-state index contributed by atoms with van der Waals surface area (Å²) in [6.45, 7) is 12.4. The van der Waals surface area contributed by atoms with Crippen LogP contribution >= 0.6 is 0 Å². The minimum Gasteiger partial charge on any atom is -0.505 e. The fourth-order valence-corrected chi connectivity index (χ4v) is 15.2. The van der Waals surface area contributed by atoms with Gasteiger partial charge >= 0.3 is 0 Å². The van der Waals surface area contributed by atoms with Gasteiger partial charge in [0.15, 0.2) is 40.2 Å². The van der Waals surface area contributed by atoms with Gasteiger partial charge in [0.25, 0.3) is 17.7 Å². The molecule has 41 nitrogen and oxygen atoms in total. The fraction of sp³-hybridized carbons (Fsp3) is 0.546. The Labute approximate surface area is 888 Å². The summed E-state index contributed by atoms with van der Waals surface area (Å²) in [5.74, 6) is 0.0791. The molecule has 3 aromatic heterocycles. The smallest absolute Gasteiger partial charge is 0.255 e. The molecule has 6 aromatic carbocycles. The zero-order valence-electron chi connectivity index (χ0n) is 87.3. The Balaban J connectivity index is 0.0000274. The molecular weight excluding hydrogens is 1990 g/mol. The van der Waals surface area contributed by atoms with Crippen molar-refractivity contribution in [2.45, 2.75) is 71.1 Å². The third-order valence-electron chi connectivity index (χ3n) is 22.8. The van der Waals surface area contributed by atoms with Crippen LogP contribution in [0.2, 0.25) is 0 Å². The van der Waals surface area contributed by atoms with Gasteiger partial charge in [0, 0.05) is 139 Å². The van der Waals surface area contributed by atoms with E-state index in [2.05, 4.69) is 41.5 Å². The van der Waals surface area contributed by atoms with Gasteiger partial charge in [0.05, 0.1) is 215 Å². The number of fused-ring (bicyclic) bond motifs is 3. The van der Waals surface area contributed by atoms with Gasteiger partial charge in [-0.2, -0.15) is 0 Å². The van der Waals surface area contributed by atoms with E-state index in [0.29, 0.717) is 258 Å². The summed E-state index contributed by atoms with van der Waals surface area (Å²) < 4.78 is 153. The quantitative estimate of drug-likeness (QED) is 0.0130. The second-order valence-corrected chi connectivity index (χ2v) is 33.7. The molecule has 42 heteroatoms. The molecule has 0 saturated carbocycles. The molecule has 8 N–H and O–H groups in total. The molecular formula is C108H152MnN8O33. The number of unbranched alkanes of at least 4 members (excludes halogenated alkanes) is 1. The van der Waals surface area contributed by atoms with Crippen LogP contribution < -0.4 is 64.5 Å². The summed E-state index contributed by atoms with van der Waals surface area (Å²) in [4.78, 5) is 70.2.